The van der Waals surface area contributed by atoms with E-state index in [0.717, 1.165) is 11.2 Å². The Bertz CT molecular complexity index is 3740. The molecule has 1 heterocycles. The highest BCUT2D eigenvalue weighted by Gasteiger charge is 2.36. The number of rotatable bonds is 3. The van der Waals surface area contributed by atoms with Crippen LogP contribution in [0.4, 0.5) is 0 Å². The van der Waals surface area contributed by atoms with Crippen molar-refractivity contribution in [1.29, 1.82) is 0 Å². The molecule has 1 nitrogen and oxygen atoms in total. The first-order chi connectivity index (χ1) is 29.5. The van der Waals surface area contributed by atoms with Gasteiger partial charge in [-0.15, -0.1) is 0 Å². The number of hydrogen-bond donors (Lipinski definition) is 0. The average Bonchev–Trinajstić information content (AvgIpc) is 3.78. The molecular weight excluding hydrogens is 725 g/mol. The van der Waals surface area contributed by atoms with Gasteiger partial charge in [0.05, 0.1) is 0 Å². The summed E-state index contributed by atoms with van der Waals surface area (Å²) in [5, 5.41) is 15.0. The highest BCUT2D eigenvalue weighted by atomic mass is 16.3. The number of para-hydroxylation sites is 1. The van der Waals surface area contributed by atoms with Gasteiger partial charge in [-0.3, -0.25) is 0 Å². The van der Waals surface area contributed by atoms with Crippen LogP contribution in [0.2, 0.25) is 0 Å². The Kier molecular flexibility index (Phi) is 6.85. The summed E-state index contributed by atoms with van der Waals surface area (Å²) < 4.78 is 6.34. The maximum absolute atomic E-state index is 6.34. The van der Waals surface area contributed by atoms with E-state index in [0.29, 0.717) is 0 Å². The fraction of sp³-hybridized carbons (Fsp3) is 0.0508. The van der Waals surface area contributed by atoms with E-state index in [-0.39, 0.29) is 5.41 Å². The van der Waals surface area contributed by atoms with Gasteiger partial charge in [-0.05, 0) is 140 Å². The van der Waals surface area contributed by atoms with E-state index in [9.17, 15) is 0 Å². The van der Waals surface area contributed by atoms with E-state index >= 15 is 0 Å². The van der Waals surface area contributed by atoms with Crippen molar-refractivity contribution >= 4 is 75.8 Å². The van der Waals surface area contributed by atoms with E-state index in [1.165, 1.54) is 120 Å². The highest BCUT2D eigenvalue weighted by molar-refractivity contribution is 6.26. The Hall–Kier alpha value is -7.48. The van der Waals surface area contributed by atoms with Crippen LogP contribution in [-0.4, -0.2) is 0 Å². The quantitative estimate of drug-likeness (QED) is 0.163. The topological polar surface area (TPSA) is 13.1 Å². The Balaban J connectivity index is 1.03. The normalized spacial score (nSPS) is 13.3. The molecule has 11 aromatic carbocycles. The van der Waals surface area contributed by atoms with E-state index in [1.54, 1.807) is 0 Å². The lowest BCUT2D eigenvalue weighted by atomic mass is 9.81. The molecule has 280 valence electrons. The van der Waals surface area contributed by atoms with Crippen molar-refractivity contribution in [3.8, 4) is 44.5 Å². The molecule has 1 aliphatic rings. The fourth-order valence-electron chi connectivity index (χ4n) is 10.9. The molecule has 0 amide bonds. The molecule has 0 aliphatic heterocycles. The minimum absolute atomic E-state index is 0.128. The summed E-state index contributed by atoms with van der Waals surface area (Å²) in [6.07, 6.45) is 0. The maximum atomic E-state index is 6.34. The molecule has 1 heteroatoms. The molecule has 0 spiro atoms. The zero-order valence-electron chi connectivity index (χ0n) is 33.4. The van der Waals surface area contributed by atoms with Crippen LogP contribution in [0, 0.1) is 0 Å². The molecule has 13 rings (SSSR count). The Morgan fingerprint density at radius 2 is 0.867 bits per heavy atom. The second-order valence-electron chi connectivity index (χ2n) is 17.1. The van der Waals surface area contributed by atoms with Crippen LogP contribution >= 0.6 is 0 Å². The molecule has 12 aromatic rings. The molecule has 0 saturated heterocycles. The van der Waals surface area contributed by atoms with Crippen molar-refractivity contribution < 1.29 is 4.42 Å². The van der Waals surface area contributed by atoms with E-state index in [2.05, 4.69) is 208 Å². The van der Waals surface area contributed by atoms with Gasteiger partial charge in [0.25, 0.3) is 0 Å². The lowest BCUT2D eigenvalue weighted by Crippen LogP contribution is -2.14. The molecule has 0 unspecified atom stereocenters. The SMILES string of the molecule is CC1(C)c2ccc(-c3ccc(-c4c5ccccc5c(-c5cccc6ccccc56)c5ccccc45)c4ccccc34)cc2-c2cc3c(ccc4oc5ccccc5c43)cc21. The van der Waals surface area contributed by atoms with Gasteiger partial charge < -0.3 is 4.42 Å². The van der Waals surface area contributed by atoms with E-state index in [1.807, 2.05) is 0 Å². The van der Waals surface area contributed by atoms with Gasteiger partial charge in [-0.2, -0.15) is 0 Å². The zero-order chi connectivity index (χ0) is 39.7. The van der Waals surface area contributed by atoms with Gasteiger partial charge in [0.15, 0.2) is 0 Å². The molecule has 60 heavy (non-hydrogen) atoms. The van der Waals surface area contributed by atoms with Crippen LogP contribution in [-0.2, 0) is 5.41 Å². The van der Waals surface area contributed by atoms with Crippen LogP contribution < -0.4 is 0 Å². The standard InChI is InChI=1S/C59H38O/c1-59(2)52-30-26-36(32-50(52)51-34-49-37(33-53(51)59)27-31-55-58(49)48-23-11-12-25-54(48)60-55)39-28-29-47(41-18-6-5-17-40(39)41)57-45-21-9-7-19-43(45)56(44-20-8-10-22-46(44)57)42-24-13-15-35-14-3-4-16-38(35)42/h3-34H,1-2H3. The van der Waals surface area contributed by atoms with Gasteiger partial charge in [-0.1, -0.05) is 178 Å². The monoisotopic (exact) mass is 762 g/mol. The second kappa shape index (κ2) is 12.3. The van der Waals surface area contributed by atoms with Gasteiger partial charge >= 0.3 is 0 Å². The van der Waals surface area contributed by atoms with Gasteiger partial charge in [-0.25, -0.2) is 0 Å². The number of furan rings is 1. The maximum Gasteiger partial charge on any atom is 0.136 e. The van der Waals surface area contributed by atoms with Gasteiger partial charge in [0.1, 0.15) is 11.2 Å². The van der Waals surface area contributed by atoms with E-state index in [4.69, 9.17) is 4.42 Å². The summed E-state index contributed by atoms with van der Waals surface area (Å²) >= 11 is 0. The first-order valence-corrected chi connectivity index (χ1v) is 21.0. The van der Waals surface area contributed by atoms with Crippen LogP contribution in [0.15, 0.2) is 199 Å². The minimum atomic E-state index is -0.128. The third-order valence-corrected chi connectivity index (χ3v) is 13.6. The third-order valence-electron chi connectivity index (χ3n) is 13.6. The molecule has 0 atom stereocenters. The summed E-state index contributed by atoms with van der Waals surface area (Å²) in [5.41, 5.74) is 14.7. The Morgan fingerprint density at radius 3 is 1.58 bits per heavy atom. The summed E-state index contributed by atoms with van der Waals surface area (Å²) in [4.78, 5) is 0. The first kappa shape index (κ1) is 33.5. The summed E-state index contributed by atoms with van der Waals surface area (Å²) in [6, 6.07) is 72.0. The van der Waals surface area contributed by atoms with Crippen LogP contribution in [0.1, 0.15) is 25.0 Å². The van der Waals surface area contributed by atoms with Crippen molar-refractivity contribution in [1.82, 2.24) is 0 Å². The molecular formula is C59H38O. The molecule has 0 saturated carbocycles. The lowest BCUT2D eigenvalue weighted by molar-refractivity contribution is 0.661. The Labute approximate surface area is 347 Å². The highest BCUT2D eigenvalue weighted by Crippen LogP contribution is 2.53. The van der Waals surface area contributed by atoms with Crippen molar-refractivity contribution in [2.75, 3.05) is 0 Å². The van der Waals surface area contributed by atoms with Gasteiger partial charge in [0.2, 0.25) is 0 Å². The van der Waals surface area contributed by atoms with Crippen LogP contribution in [0.5, 0.6) is 0 Å². The average molecular weight is 763 g/mol. The zero-order valence-corrected chi connectivity index (χ0v) is 33.4. The smallest absolute Gasteiger partial charge is 0.136 e. The molecule has 1 aliphatic carbocycles. The summed E-state index contributed by atoms with van der Waals surface area (Å²) in [5.74, 6) is 0. The molecule has 0 N–H and O–H groups in total. The van der Waals surface area contributed by atoms with Crippen molar-refractivity contribution in [2.24, 2.45) is 0 Å². The molecule has 0 radical (unpaired) electrons. The van der Waals surface area contributed by atoms with Crippen molar-refractivity contribution in [2.45, 2.75) is 19.3 Å². The molecule has 0 fully saturated rings. The number of hydrogen-bond acceptors (Lipinski definition) is 1. The summed E-state index contributed by atoms with van der Waals surface area (Å²) in [6.45, 7) is 4.75. The van der Waals surface area contributed by atoms with Crippen molar-refractivity contribution in [3.63, 3.8) is 0 Å². The molecule has 0 bridgehead atoms. The first-order valence-electron chi connectivity index (χ1n) is 21.0. The lowest BCUT2D eigenvalue weighted by Gasteiger charge is -2.22. The van der Waals surface area contributed by atoms with Crippen LogP contribution in [0.3, 0.4) is 0 Å². The van der Waals surface area contributed by atoms with Gasteiger partial charge in [0, 0.05) is 16.2 Å². The minimum Gasteiger partial charge on any atom is -0.456 e. The Morgan fingerprint density at radius 1 is 0.317 bits per heavy atom. The number of benzene rings is 11. The largest absolute Gasteiger partial charge is 0.456 e. The predicted octanol–water partition coefficient (Wildman–Crippen LogP) is 16.7. The molecule has 1 aromatic heterocycles. The summed E-state index contributed by atoms with van der Waals surface area (Å²) in [7, 11) is 0. The van der Waals surface area contributed by atoms with Crippen LogP contribution in [0.25, 0.3) is 120 Å². The van der Waals surface area contributed by atoms with Crippen molar-refractivity contribution in [3.05, 3.63) is 205 Å². The second-order valence-corrected chi connectivity index (χ2v) is 17.1. The fourth-order valence-corrected chi connectivity index (χ4v) is 10.9. The predicted molar refractivity (Wildman–Crippen MR) is 255 cm³/mol. The van der Waals surface area contributed by atoms with E-state index < -0.39 is 0 Å². The third kappa shape index (κ3) is 4.58. The number of fused-ring (bicyclic) bond motifs is 12.